The summed E-state index contributed by atoms with van der Waals surface area (Å²) in [6.07, 6.45) is 2.24. The van der Waals surface area contributed by atoms with E-state index in [2.05, 4.69) is 20.1 Å². The van der Waals surface area contributed by atoms with E-state index < -0.39 is 24.9 Å². The molecule has 2 amide bonds. The van der Waals surface area contributed by atoms with E-state index >= 15 is 0 Å². The quantitative estimate of drug-likeness (QED) is 0.418. The fourth-order valence-electron chi connectivity index (χ4n) is 2.34. The Bertz CT molecular complexity index is 949. The maximum atomic E-state index is 12.6. The van der Waals surface area contributed by atoms with E-state index in [-0.39, 0.29) is 23.1 Å². The fraction of sp³-hybridized carbons (Fsp3) is 0.238. The minimum atomic E-state index is -3.20. The van der Waals surface area contributed by atoms with E-state index in [1.807, 2.05) is 0 Å². The van der Waals surface area contributed by atoms with Crippen molar-refractivity contribution in [3.63, 3.8) is 0 Å². The minimum absolute atomic E-state index is 0.0509. The van der Waals surface area contributed by atoms with Crippen LogP contribution in [0.3, 0.4) is 0 Å². The van der Waals surface area contributed by atoms with Gasteiger partial charge in [0.1, 0.15) is 11.5 Å². The smallest absolute Gasteiger partial charge is 0.387 e. The molecule has 0 aromatic heterocycles. The Morgan fingerprint density at radius 3 is 2.16 bits per heavy atom. The van der Waals surface area contributed by atoms with Crippen LogP contribution in [0, 0.1) is 5.92 Å². The molecule has 0 aliphatic carbocycles. The normalized spacial score (nSPS) is 11.3. The number of anilines is 2. The molecule has 0 radical (unpaired) electrons. The maximum Gasteiger partial charge on any atom is 0.387 e. The molecule has 0 fully saturated rings. The zero-order chi connectivity index (χ0) is 23.0. The number of halogens is 4. The summed E-state index contributed by atoms with van der Waals surface area (Å²) < 4.78 is 58.3. The molecule has 0 heterocycles. The summed E-state index contributed by atoms with van der Waals surface area (Å²) >= 11 is 0. The van der Waals surface area contributed by atoms with Gasteiger partial charge in [-0.05, 0) is 36.4 Å². The first-order valence-electron chi connectivity index (χ1n) is 9.07. The Labute approximate surface area is 175 Å². The maximum absolute atomic E-state index is 12.6. The zero-order valence-corrected chi connectivity index (χ0v) is 16.6. The van der Waals surface area contributed by atoms with Crippen LogP contribution in [-0.2, 0) is 9.59 Å². The van der Waals surface area contributed by atoms with Gasteiger partial charge in [0, 0.05) is 35.0 Å². The van der Waals surface area contributed by atoms with Crippen molar-refractivity contribution in [1.82, 2.24) is 0 Å². The third-order valence-electron chi connectivity index (χ3n) is 3.76. The van der Waals surface area contributed by atoms with Crippen molar-refractivity contribution >= 4 is 29.3 Å². The Balaban J connectivity index is 2.11. The second-order valence-electron chi connectivity index (χ2n) is 6.50. The molecule has 0 aliphatic rings. The van der Waals surface area contributed by atoms with Crippen molar-refractivity contribution in [1.29, 1.82) is 0 Å². The van der Waals surface area contributed by atoms with Crippen LogP contribution >= 0.6 is 0 Å². The third kappa shape index (κ3) is 8.00. The fourth-order valence-corrected chi connectivity index (χ4v) is 2.34. The van der Waals surface area contributed by atoms with Crippen molar-refractivity contribution in [3.05, 3.63) is 54.1 Å². The monoisotopic (exact) mass is 440 g/mol. The molecule has 0 saturated carbocycles. The largest absolute Gasteiger partial charge is 0.435 e. The number of hydrogen-bond acceptors (Lipinski definition) is 4. The average Bonchev–Trinajstić information content (AvgIpc) is 2.66. The third-order valence-corrected chi connectivity index (χ3v) is 3.76. The van der Waals surface area contributed by atoms with Gasteiger partial charge in [-0.15, -0.1) is 0 Å². The summed E-state index contributed by atoms with van der Waals surface area (Å²) in [5, 5.41) is 5.26. The Morgan fingerprint density at radius 2 is 1.55 bits per heavy atom. The highest BCUT2D eigenvalue weighted by atomic mass is 19.3. The minimum Gasteiger partial charge on any atom is -0.435 e. The van der Waals surface area contributed by atoms with Gasteiger partial charge in [-0.25, -0.2) is 0 Å². The standard InChI is InChI=1S/C21H20F4N2O4/c1-12(2)19(29)27-15-5-3-4-14(10-15)26-18(28)9-7-13-6-8-16(30-20(22)23)11-17(13)31-21(24)25/h3-12,20-21H,1-2H3,(H,26,28)(H,27,29)/b9-7+. The van der Waals surface area contributed by atoms with E-state index in [0.717, 1.165) is 18.2 Å². The zero-order valence-electron chi connectivity index (χ0n) is 16.6. The van der Waals surface area contributed by atoms with Gasteiger partial charge in [0.15, 0.2) is 0 Å². The molecule has 166 valence electrons. The number of benzene rings is 2. The van der Waals surface area contributed by atoms with Crippen LogP contribution in [0.2, 0.25) is 0 Å². The topological polar surface area (TPSA) is 76.7 Å². The lowest BCUT2D eigenvalue weighted by molar-refractivity contribution is -0.119. The van der Waals surface area contributed by atoms with E-state index in [1.54, 1.807) is 38.1 Å². The molecule has 2 aromatic carbocycles. The molecule has 6 nitrogen and oxygen atoms in total. The number of ether oxygens (including phenoxy) is 2. The Kier molecular flexibility index (Phi) is 8.42. The van der Waals surface area contributed by atoms with Crippen molar-refractivity contribution < 1.29 is 36.6 Å². The van der Waals surface area contributed by atoms with Crippen molar-refractivity contribution in [3.8, 4) is 11.5 Å². The molecule has 2 rings (SSSR count). The highest BCUT2D eigenvalue weighted by Crippen LogP contribution is 2.28. The summed E-state index contributed by atoms with van der Waals surface area (Å²) in [6.45, 7) is -2.85. The molecule has 0 aliphatic heterocycles. The van der Waals surface area contributed by atoms with Crippen LogP contribution in [0.15, 0.2) is 48.5 Å². The first-order valence-corrected chi connectivity index (χ1v) is 9.07. The van der Waals surface area contributed by atoms with Crippen LogP contribution in [0.5, 0.6) is 11.5 Å². The highest BCUT2D eigenvalue weighted by Gasteiger charge is 2.13. The number of carbonyl (C=O) groups is 2. The van der Waals surface area contributed by atoms with Gasteiger partial charge in [-0.2, -0.15) is 17.6 Å². The van der Waals surface area contributed by atoms with Crippen LogP contribution in [-0.4, -0.2) is 25.0 Å². The Morgan fingerprint density at radius 1 is 0.903 bits per heavy atom. The molecule has 0 unspecified atom stereocenters. The van der Waals surface area contributed by atoms with Crippen LogP contribution in [0.4, 0.5) is 28.9 Å². The van der Waals surface area contributed by atoms with Gasteiger partial charge in [0.25, 0.3) is 0 Å². The van der Waals surface area contributed by atoms with Crippen LogP contribution in [0.25, 0.3) is 6.08 Å². The summed E-state index contributed by atoms with van der Waals surface area (Å²) in [4.78, 5) is 23.9. The molecule has 0 spiro atoms. The molecule has 0 saturated heterocycles. The van der Waals surface area contributed by atoms with E-state index in [0.29, 0.717) is 11.4 Å². The van der Waals surface area contributed by atoms with Gasteiger partial charge < -0.3 is 20.1 Å². The molecular weight excluding hydrogens is 420 g/mol. The lowest BCUT2D eigenvalue weighted by Crippen LogP contribution is -2.17. The number of amides is 2. The molecule has 2 aromatic rings. The van der Waals surface area contributed by atoms with E-state index in [1.165, 1.54) is 12.1 Å². The van der Waals surface area contributed by atoms with Crippen LogP contribution in [0.1, 0.15) is 19.4 Å². The molecular formula is C21H20F4N2O4. The van der Waals surface area contributed by atoms with Crippen molar-refractivity contribution in [2.75, 3.05) is 10.6 Å². The van der Waals surface area contributed by atoms with Crippen LogP contribution < -0.4 is 20.1 Å². The first kappa shape index (κ1) is 23.7. The average molecular weight is 440 g/mol. The van der Waals surface area contributed by atoms with Crippen molar-refractivity contribution in [2.24, 2.45) is 5.92 Å². The molecule has 10 heteroatoms. The summed E-state index contributed by atoms with van der Waals surface area (Å²) in [6, 6.07) is 9.63. The second-order valence-corrected chi connectivity index (χ2v) is 6.50. The SMILES string of the molecule is CC(C)C(=O)Nc1cccc(NC(=O)/C=C/c2ccc(OC(F)F)cc2OC(F)F)c1. The lowest BCUT2D eigenvalue weighted by atomic mass is 10.1. The second kappa shape index (κ2) is 11.0. The lowest BCUT2D eigenvalue weighted by Gasteiger charge is -2.11. The molecule has 0 bridgehead atoms. The molecule has 0 atom stereocenters. The van der Waals surface area contributed by atoms with Gasteiger partial charge in [-0.1, -0.05) is 19.9 Å². The predicted molar refractivity (Wildman–Crippen MR) is 107 cm³/mol. The Hall–Kier alpha value is -3.56. The van der Waals surface area contributed by atoms with E-state index in [4.69, 9.17) is 0 Å². The van der Waals surface area contributed by atoms with Gasteiger partial charge in [-0.3, -0.25) is 9.59 Å². The van der Waals surface area contributed by atoms with Gasteiger partial charge in [0.05, 0.1) is 0 Å². The number of alkyl halides is 4. The number of rotatable bonds is 9. The summed E-state index contributed by atoms with van der Waals surface area (Å²) in [7, 11) is 0. The van der Waals surface area contributed by atoms with Gasteiger partial charge >= 0.3 is 13.2 Å². The van der Waals surface area contributed by atoms with Gasteiger partial charge in [0.2, 0.25) is 11.8 Å². The first-order chi connectivity index (χ1) is 14.6. The molecule has 31 heavy (non-hydrogen) atoms. The van der Waals surface area contributed by atoms with E-state index in [9.17, 15) is 27.2 Å². The summed E-state index contributed by atoms with van der Waals surface area (Å²) in [5.74, 6) is -1.80. The number of hydrogen-bond donors (Lipinski definition) is 2. The highest BCUT2D eigenvalue weighted by molar-refractivity contribution is 6.02. The number of carbonyl (C=O) groups excluding carboxylic acids is 2. The summed E-state index contributed by atoms with van der Waals surface area (Å²) in [5.41, 5.74) is 0.929. The molecule has 2 N–H and O–H groups in total. The number of nitrogens with one attached hydrogen (secondary N) is 2. The predicted octanol–water partition coefficient (Wildman–Crippen LogP) is 5.14. The van der Waals surface area contributed by atoms with Crippen molar-refractivity contribution in [2.45, 2.75) is 27.1 Å².